The van der Waals surface area contributed by atoms with Crippen molar-refractivity contribution in [2.45, 2.75) is 13.8 Å². The molecule has 0 aliphatic rings. The molecule has 0 fully saturated rings. The highest BCUT2D eigenvalue weighted by atomic mass is 79.9. The SMILES string of the molecule is CCOC(=O)c1ccc(NC(=O)c2ccoc2C)c(Br)c1. The summed E-state index contributed by atoms with van der Waals surface area (Å²) in [6, 6.07) is 6.45. The van der Waals surface area contributed by atoms with Gasteiger partial charge >= 0.3 is 5.97 Å². The molecule has 0 bridgehead atoms. The minimum atomic E-state index is -0.401. The Kier molecular flexibility index (Phi) is 4.80. The van der Waals surface area contributed by atoms with Crippen LogP contribution in [-0.2, 0) is 4.74 Å². The van der Waals surface area contributed by atoms with Crippen molar-refractivity contribution in [3.05, 3.63) is 51.9 Å². The second kappa shape index (κ2) is 6.58. The smallest absolute Gasteiger partial charge is 0.338 e. The second-order valence-corrected chi connectivity index (χ2v) is 5.11. The number of hydrogen-bond donors (Lipinski definition) is 1. The van der Waals surface area contributed by atoms with Crippen molar-refractivity contribution >= 4 is 33.5 Å². The maximum Gasteiger partial charge on any atom is 0.338 e. The topological polar surface area (TPSA) is 68.5 Å². The van der Waals surface area contributed by atoms with Gasteiger partial charge in [0.15, 0.2) is 0 Å². The summed E-state index contributed by atoms with van der Waals surface area (Å²) < 4.78 is 10.6. The van der Waals surface area contributed by atoms with Gasteiger partial charge in [-0.15, -0.1) is 0 Å². The molecule has 1 amide bonds. The van der Waals surface area contributed by atoms with Gasteiger partial charge in [0.2, 0.25) is 0 Å². The van der Waals surface area contributed by atoms with Crippen molar-refractivity contribution in [3.63, 3.8) is 0 Å². The van der Waals surface area contributed by atoms with Crippen LogP contribution in [0.3, 0.4) is 0 Å². The fourth-order valence-electron chi connectivity index (χ4n) is 1.77. The third kappa shape index (κ3) is 3.52. The summed E-state index contributed by atoms with van der Waals surface area (Å²) in [6.45, 7) is 3.78. The molecule has 6 heteroatoms. The van der Waals surface area contributed by atoms with Crippen LogP contribution in [0.15, 0.2) is 39.4 Å². The Morgan fingerprint density at radius 1 is 1.33 bits per heavy atom. The number of carbonyl (C=O) groups excluding carboxylic acids is 2. The molecule has 5 nitrogen and oxygen atoms in total. The van der Waals surface area contributed by atoms with Crippen LogP contribution in [0, 0.1) is 6.92 Å². The number of amides is 1. The molecule has 2 aromatic rings. The lowest BCUT2D eigenvalue weighted by Gasteiger charge is -2.08. The maximum atomic E-state index is 12.1. The third-order valence-corrected chi connectivity index (χ3v) is 3.49. The first kappa shape index (κ1) is 15.3. The summed E-state index contributed by atoms with van der Waals surface area (Å²) in [5, 5.41) is 2.75. The molecule has 0 unspecified atom stereocenters. The number of hydrogen-bond acceptors (Lipinski definition) is 4. The van der Waals surface area contributed by atoms with Gasteiger partial charge in [-0.3, -0.25) is 4.79 Å². The number of ether oxygens (including phenoxy) is 1. The lowest BCUT2D eigenvalue weighted by Crippen LogP contribution is -2.13. The zero-order valence-electron chi connectivity index (χ0n) is 11.6. The molecule has 0 aliphatic heterocycles. The van der Waals surface area contributed by atoms with Crippen LogP contribution in [0.2, 0.25) is 0 Å². The maximum absolute atomic E-state index is 12.1. The Bertz CT molecular complexity index is 678. The molecule has 0 saturated carbocycles. The fourth-order valence-corrected chi connectivity index (χ4v) is 2.25. The van der Waals surface area contributed by atoms with Crippen LogP contribution in [0.5, 0.6) is 0 Å². The second-order valence-electron chi connectivity index (χ2n) is 4.26. The van der Waals surface area contributed by atoms with E-state index in [-0.39, 0.29) is 5.91 Å². The Morgan fingerprint density at radius 2 is 2.10 bits per heavy atom. The molecular formula is C15H14BrNO4. The summed E-state index contributed by atoms with van der Waals surface area (Å²) in [6.07, 6.45) is 1.46. The average Bonchev–Trinajstić information content (AvgIpc) is 2.87. The zero-order valence-corrected chi connectivity index (χ0v) is 13.2. The molecule has 0 saturated heterocycles. The summed E-state index contributed by atoms with van der Waals surface area (Å²) in [5.74, 6) is -0.126. The van der Waals surface area contributed by atoms with E-state index >= 15 is 0 Å². The summed E-state index contributed by atoms with van der Waals surface area (Å²) in [5.41, 5.74) is 1.45. The van der Waals surface area contributed by atoms with Gasteiger partial charge in [-0.05, 0) is 54.0 Å². The lowest BCUT2D eigenvalue weighted by molar-refractivity contribution is 0.0526. The lowest BCUT2D eigenvalue weighted by atomic mass is 10.2. The van der Waals surface area contributed by atoms with E-state index in [2.05, 4.69) is 21.2 Å². The number of nitrogens with one attached hydrogen (secondary N) is 1. The number of anilines is 1. The molecular weight excluding hydrogens is 338 g/mol. The molecule has 21 heavy (non-hydrogen) atoms. The van der Waals surface area contributed by atoms with Crippen molar-refractivity contribution in [3.8, 4) is 0 Å². The predicted molar refractivity (Wildman–Crippen MR) is 81.5 cm³/mol. The Balaban J connectivity index is 2.16. The van der Waals surface area contributed by atoms with Crippen LogP contribution in [0.4, 0.5) is 5.69 Å². The first-order valence-corrected chi connectivity index (χ1v) is 7.14. The minimum absolute atomic E-state index is 0.272. The Labute approximate surface area is 130 Å². The molecule has 1 N–H and O–H groups in total. The van der Waals surface area contributed by atoms with E-state index in [1.807, 2.05) is 0 Å². The van der Waals surface area contributed by atoms with Gasteiger partial charge in [0.05, 0.1) is 29.7 Å². The van der Waals surface area contributed by atoms with E-state index in [0.29, 0.717) is 33.7 Å². The Hall–Kier alpha value is -2.08. The van der Waals surface area contributed by atoms with E-state index < -0.39 is 5.97 Å². The van der Waals surface area contributed by atoms with Gasteiger partial charge in [0.1, 0.15) is 5.76 Å². The number of carbonyl (C=O) groups is 2. The van der Waals surface area contributed by atoms with Crippen LogP contribution in [0.25, 0.3) is 0 Å². The third-order valence-electron chi connectivity index (χ3n) is 2.83. The molecule has 0 spiro atoms. The first-order chi connectivity index (χ1) is 10.0. The highest BCUT2D eigenvalue weighted by molar-refractivity contribution is 9.10. The summed E-state index contributed by atoms with van der Waals surface area (Å²) >= 11 is 3.33. The summed E-state index contributed by atoms with van der Waals surface area (Å²) in [7, 11) is 0. The van der Waals surface area contributed by atoms with E-state index in [4.69, 9.17) is 9.15 Å². The van der Waals surface area contributed by atoms with Gasteiger partial charge in [-0.1, -0.05) is 0 Å². The molecule has 1 heterocycles. The zero-order chi connectivity index (χ0) is 15.4. The van der Waals surface area contributed by atoms with Crippen molar-refractivity contribution < 1.29 is 18.7 Å². The normalized spacial score (nSPS) is 10.2. The molecule has 0 atom stereocenters. The molecule has 1 aromatic heterocycles. The van der Waals surface area contributed by atoms with Crippen molar-refractivity contribution in [1.29, 1.82) is 0 Å². The van der Waals surface area contributed by atoms with Crippen molar-refractivity contribution in [2.75, 3.05) is 11.9 Å². The number of halogens is 1. The molecule has 2 rings (SSSR count). The van der Waals surface area contributed by atoms with Crippen molar-refractivity contribution in [2.24, 2.45) is 0 Å². The molecule has 0 radical (unpaired) electrons. The summed E-state index contributed by atoms with van der Waals surface area (Å²) in [4.78, 5) is 23.7. The van der Waals surface area contributed by atoms with Crippen LogP contribution in [0.1, 0.15) is 33.4 Å². The standard InChI is InChI=1S/C15H14BrNO4/c1-3-20-15(19)10-4-5-13(12(16)8-10)17-14(18)11-6-7-21-9(11)2/h4-8H,3H2,1-2H3,(H,17,18). The number of furan rings is 1. The van der Waals surface area contributed by atoms with E-state index in [0.717, 1.165) is 0 Å². The van der Waals surface area contributed by atoms with Gasteiger partial charge in [0.25, 0.3) is 5.91 Å². The monoisotopic (exact) mass is 351 g/mol. The Morgan fingerprint density at radius 3 is 2.67 bits per heavy atom. The predicted octanol–water partition coefficient (Wildman–Crippen LogP) is 3.78. The quantitative estimate of drug-likeness (QED) is 0.851. The first-order valence-electron chi connectivity index (χ1n) is 6.35. The molecule has 1 aromatic carbocycles. The van der Waals surface area contributed by atoms with Gasteiger partial charge in [-0.25, -0.2) is 4.79 Å². The van der Waals surface area contributed by atoms with Crippen molar-refractivity contribution in [1.82, 2.24) is 0 Å². The number of aryl methyl sites for hydroxylation is 1. The number of rotatable bonds is 4. The number of esters is 1. The highest BCUT2D eigenvalue weighted by Gasteiger charge is 2.14. The van der Waals surface area contributed by atoms with E-state index in [1.165, 1.54) is 6.26 Å². The minimum Gasteiger partial charge on any atom is -0.469 e. The van der Waals surface area contributed by atoms with Crippen LogP contribution < -0.4 is 5.32 Å². The molecule has 0 aliphatic carbocycles. The average molecular weight is 352 g/mol. The number of benzene rings is 1. The molecule has 110 valence electrons. The van der Waals surface area contributed by atoms with E-state index in [9.17, 15) is 9.59 Å². The van der Waals surface area contributed by atoms with Crippen LogP contribution >= 0.6 is 15.9 Å². The fraction of sp³-hybridized carbons (Fsp3) is 0.200. The highest BCUT2D eigenvalue weighted by Crippen LogP contribution is 2.25. The van der Waals surface area contributed by atoms with Gasteiger partial charge in [-0.2, -0.15) is 0 Å². The van der Waals surface area contributed by atoms with E-state index in [1.54, 1.807) is 38.1 Å². The van der Waals surface area contributed by atoms with Crippen LogP contribution in [-0.4, -0.2) is 18.5 Å². The van der Waals surface area contributed by atoms with Gasteiger partial charge < -0.3 is 14.5 Å². The van der Waals surface area contributed by atoms with Gasteiger partial charge in [0, 0.05) is 4.47 Å². The largest absolute Gasteiger partial charge is 0.469 e.